The molecule has 2 N–H and O–H groups in total. The Balaban J connectivity index is 1.54. The summed E-state index contributed by atoms with van der Waals surface area (Å²) in [5, 5.41) is 26.8. The number of nitrogens with zero attached hydrogens (tertiary/aromatic N) is 2. The minimum absolute atomic E-state index is 0.182. The van der Waals surface area contributed by atoms with Crippen LogP contribution in [0.15, 0.2) is 10.3 Å². The smallest absolute Gasteiger partial charge is 0.0613 e. The average molecular weight is 431 g/mol. The molecule has 0 aromatic carbocycles. The lowest BCUT2D eigenvalue weighted by Crippen LogP contribution is -2.56. The fourth-order valence-electron chi connectivity index (χ4n) is 9.10. The fourth-order valence-corrected chi connectivity index (χ4v) is 9.10. The summed E-state index contributed by atoms with van der Waals surface area (Å²) in [6, 6.07) is 0. The summed E-state index contributed by atoms with van der Waals surface area (Å²) < 4.78 is 0. The normalized spacial score (nSPS) is 46.1. The molecule has 4 saturated carbocycles. The van der Waals surface area contributed by atoms with Gasteiger partial charge in [0, 0.05) is 5.92 Å². The summed E-state index contributed by atoms with van der Waals surface area (Å²) in [6.07, 6.45) is 13.2. The molecule has 176 valence electrons. The summed E-state index contributed by atoms with van der Waals surface area (Å²) in [7, 11) is 0. The molecule has 4 heteroatoms. The monoisotopic (exact) mass is 430 g/mol. The summed E-state index contributed by atoms with van der Waals surface area (Å²) in [4.78, 5) is 0. The van der Waals surface area contributed by atoms with Gasteiger partial charge in [0.15, 0.2) is 0 Å². The highest BCUT2D eigenvalue weighted by atomic mass is 16.4. The zero-order chi connectivity index (χ0) is 22.4. The van der Waals surface area contributed by atoms with Gasteiger partial charge in [-0.2, -0.15) is 0 Å². The number of hydrogen-bond donors (Lipinski definition) is 2. The number of fused-ring (bicyclic) bond motifs is 5. The number of hydrogen-bond acceptors (Lipinski definition) is 4. The third kappa shape index (κ3) is 3.84. The van der Waals surface area contributed by atoms with Gasteiger partial charge in [-0.3, -0.25) is 0 Å². The van der Waals surface area contributed by atoms with Gasteiger partial charge in [-0.25, -0.2) is 0 Å². The van der Waals surface area contributed by atoms with Gasteiger partial charge in [-0.1, -0.05) is 64.2 Å². The largest absolute Gasteiger partial charge is 0.411 e. The Hall–Kier alpha value is -1.06. The molecule has 0 aliphatic heterocycles. The molecule has 4 aliphatic carbocycles. The summed E-state index contributed by atoms with van der Waals surface area (Å²) in [6.45, 7) is 12.3. The maximum atomic E-state index is 9.97. The Morgan fingerprint density at radius 2 is 1.65 bits per heavy atom. The molecule has 4 rings (SSSR count). The first-order chi connectivity index (χ1) is 14.7. The highest BCUT2D eigenvalue weighted by Crippen LogP contribution is 2.67. The third-order valence-corrected chi connectivity index (χ3v) is 10.8. The van der Waals surface area contributed by atoms with Crippen molar-refractivity contribution < 1.29 is 10.4 Å². The van der Waals surface area contributed by atoms with Crippen LogP contribution in [0.1, 0.15) is 105 Å². The van der Waals surface area contributed by atoms with Gasteiger partial charge < -0.3 is 10.4 Å². The van der Waals surface area contributed by atoms with Crippen LogP contribution in [0, 0.1) is 52.3 Å². The van der Waals surface area contributed by atoms with E-state index in [1.165, 1.54) is 44.9 Å². The van der Waals surface area contributed by atoms with Crippen LogP contribution in [0.4, 0.5) is 0 Å². The van der Waals surface area contributed by atoms with Crippen LogP contribution in [-0.4, -0.2) is 21.8 Å². The highest BCUT2D eigenvalue weighted by molar-refractivity contribution is 5.95. The molecule has 4 aliphatic rings. The molecule has 0 spiro atoms. The Kier molecular flexibility index (Phi) is 6.49. The molecule has 0 unspecified atom stereocenters. The lowest BCUT2D eigenvalue weighted by atomic mass is 9.44. The second-order valence-corrected chi connectivity index (χ2v) is 12.6. The number of rotatable bonds is 5. The summed E-state index contributed by atoms with van der Waals surface area (Å²) in [5.41, 5.74) is 2.51. The van der Waals surface area contributed by atoms with Crippen molar-refractivity contribution in [1.82, 2.24) is 0 Å². The van der Waals surface area contributed by atoms with Crippen molar-refractivity contribution in [3.05, 3.63) is 0 Å². The first-order valence-electron chi connectivity index (χ1n) is 13.1. The average Bonchev–Trinajstić information content (AvgIpc) is 3.09. The van der Waals surface area contributed by atoms with Crippen LogP contribution in [0.5, 0.6) is 0 Å². The van der Waals surface area contributed by atoms with E-state index in [2.05, 4.69) is 44.9 Å². The Labute approximate surface area is 189 Å². The summed E-state index contributed by atoms with van der Waals surface area (Å²) >= 11 is 0. The van der Waals surface area contributed by atoms with E-state index in [4.69, 9.17) is 0 Å². The molecule has 0 bridgehead atoms. The van der Waals surface area contributed by atoms with Crippen LogP contribution in [0.3, 0.4) is 0 Å². The lowest BCUT2D eigenvalue weighted by molar-refractivity contribution is -0.0734. The Morgan fingerprint density at radius 3 is 2.32 bits per heavy atom. The minimum Gasteiger partial charge on any atom is -0.411 e. The molecule has 31 heavy (non-hydrogen) atoms. The molecule has 4 nitrogen and oxygen atoms in total. The zero-order valence-electron chi connectivity index (χ0n) is 20.6. The van der Waals surface area contributed by atoms with E-state index < -0.39 is 0 Å². The van der Waals surface area contributed by atoms with Crippen molar-refractivity contribution in [3.63, 3.8) is 0 Å². The Bertz CT molecular complexity index is 716. The molecule has 0 radical (unpaired) electrons. The van der Waals surface area contributed by atoms with E-state index in [-0.39, 0.29) is 11.3 Å². The standard InChI is InChI=1S/C27H46N2O2/c1-17(2)7-6-8-18(3)21-9-10-22-20-16-25(29-31)24-15-19(28-30)11-13-27(24,5)23(20)12-14-26(21,22)4/h17-18,20-24,30-31H,6-16H2,1-5H3/b28-19-,29-25-/t18-,20+,21+,22-,23+,24-,26+,27-/m1/s1. The first kappa shape index (κ1) is 23.1. The van der Waals surface area contributed by atoms with E-state index >= 15 is 0 Å². The van der Waals surface area contributed by atoms with E-state index in [9.17, 15) is 10.4 Å². The van der Waals surface area contributed by atoms with Gasteiger partial charge in [-0.15, -0.1) is 0 Å². The zero-order valence-corrected chi connectivity index (χ0v) is 20.6. The van der Waals surface area contributed by atoms with Crippen molar-refractivity contribution in [2.45, 2.75) is 105 Å². The van der Waals surface area contributed by atoms with Crippen LogP contribution >= 0.6 is 0 Å². The molecule has 8 atom stereocenters. The van der Waals surface area contributed by atoms with Crippen LogP contribution in [0.25, 0.3) is 0 Å². The molecule has 0 amide bonds. The third-order valence-electron chi connectivity index (χ3n) is 10.8. The van der Waals surface area contributed by atoms with Crippen molar-refractivity contribution in [1.29, 1.82) is 0 Å². The topological polar surface area (TPSA) is 65.2 Å². The van der Waals surface area contributed by atoms with Crippen LogP contribution in [0.2, 0.25) is 0 Å². The fraction of sp³-hybridized carbons (Fsp3) is 0.926. The van der Waals surface area contributed by atoms with E-state index in [0.29, 0.717) is 11.3 Å². The predicted octanol–water partition coefficient (Wildman–Crippen LogP) is 7.38. The van der Waals surface area contributed by atoms with Crippen LogP contribution < -0.4 is 0 Å². The van der Waals surface area contributed by atoms with Crippen LogP contribution in [-0.2, 0) is 0 Å². The molecular weight excluding hydrogens is 384 g/mol. The Morgan fingerprint density at radius 1 is 0.903 bits per heavy atom. The maximum Gasteiger partial charge on any atom is 0.0613 e. The summed E-state index contributed by atoms with van der Waals surface area (Å²) in [5.74, 6) is 4.88. The van der Waals surface area contributed by atoms with Gasteiger partial charge in [0.05, 0.1) is 11.4 Å². The quantitative estimate of drug-likeness (QED) is 0.353. The van der Waals surface area contributed by atoms with Crippen molar-refractivity contribution >= 4 is 11.4 Å². The number of oxime groups is 2. The maximum absolute atomic E-state index is 9.97. The van der Waals surface area contributed by atoms with E-state index in [1.54, 1.807) is 0 Å². The van der Waals surface area contributed by atoms with E-state index in [0.717, 1.165) is 66.7 Å². The molecule has 0 aromatic rings. The lowest BCUT2D eigenvalue weighted by Gasteiger charge is -2.60. The first-order valence-corrected chi connectivity index (χ1v) is 13.1. The highest BCUT2D eigenvalue weighted by Gasteiger charge is 2.62. The van der Waals surface area contributed by atoms with Gasteiger partial charge >= 0.3 is 0 Å². The van der Waals surface area contributed by atoms with Gasteiger partial charge in [-0.05, 0) is 97.7 Å². The molecule has 4 fully saturated rings. The molecule has 0 saturated heterocycles. The predicted molar refractivity (Wildman–Crippen MR) is 127 cm³/mol. The molecule has 0 aromatic heterocycles. The van der Waals surface area contributed by atoms with Gasteiger partial charge in [0.2, 0.25) is 0 Å². The minimum atomic E-state index is 0.182. The van der Waals surface area contributed by atoms with Crippen molar-refractivity contribution in [2.75, 3.05) is 0 Å². The van der Waals surface area contributed by atoms with Gasteiger partial charge in [0.25, 0.3) is 0 Å². The second-order valence-electron chi connectivity index (χ2n) is 12.6. The molecular formula is C27H46N2O2. The second kappa shape index (κ2) is 8.71. The van der Waals surface area contributed by atoms with Crippen molar-refractivity contribution in [2.24, 2.45) is 62.6 Å². The van der Waals surface area contributed by atoms with E-state index in [1.807, 2.05) is 0 Å². The van der Waals surface area contributed by atoms with Crippen molar-refractivity contribution in [3.8, 4) is 0 Å². The van der Waals surface area contributed by atoms with Gasteiger partial charge in [0.1, 0.15) is 0 Å². The molecule has 0 heterocycles. The SMILES string of the molecule is CC(C)CCC[C@@H](C)[C@@H]1CC[C@@H]2[C@@H]3C/C(=N/O)[C@H]4C/C(=N\O)CC[C@]4(C)[C@H]3CC[C@]21C.